The van der Waals surface area contributed by atoms with Crippen molar-refractivity contribution in [1.82, 2.24) is 4.98 Å². The Morgan fingerprint density at radius 2 is 2.07 bits per heavy atom. The molecule has 0 aliphatic heterocycles. The topological polar surface area (TPSA) is 72.2 Å². The Kier molecular flexibility index (Phi) is 6.18. The fourth-order valence-electron chi connectivity index (χ4n) is 2.53. The number of hydrogen-bond acceptors (Lipinski definition) is 6. The lowest BCUT2D eigenvalue weighted by Crippen LogP contribution is -2.08. The number of carbonyl (C=O) groups excluding carboxylic acids is 1. The third-order valence-corrected chi connectivity index (χ3v) is 4.67. The maximum absolute atomic E-state index is 12.1. The molecule has 0 amide bonds. The Morgan fingerprint density at radius 1 is 1.22 bits per heavy atom. The summed E-state index contributed by atoms with van der Waals surface area (Å²) in [5.74, 6) is 0.424. The SMILES string of the molecule is CCOc1ccccc1-c1nc(CC(=O)OCc2cccc(C#N)c2)cs1. The van der Waals surface area contributed by atoms with E-state index in [-0.39, 0.29) is 19.0 Å². The first kappa shape index (κ1) is 18.6. The minimum Gasteiger partial charge on any atom is -0.493 e. The molecular weight excluding hydrogens is 360 g/mol. The summed E-state index contributed by atoms with van der Waals surface area (Å²) in [5, 5.41) is 11.6. The Hall–Kier alpha value is -3.17. The van der Waals surface area contributed by atoms with Gasteiger partial charge in [-0.25, -0.2) is 4.98 Å². The Bertz CT molecular complexity index is 975. The number of thiazole rings is 1. The van der Waals surface area contributed by atoms with Gasteiger partial charge in [-0.15, -0.1) is 11.3 Å². The molecule has 0 saturated carbocycles. The molecule has 2 aromatic carbocycles. The van der Waals surface area contributed by atoms with Crippen molar-refractivity contribution in [3.05, 3.63) is 70.7 Å². The summed E-state index contributed by atoms with van der Waals surface area (Å²) in [7, 11) is 0. The number of para-hydroxylation sites is 1. The zero-order valence-corrected chi connectivity index (χ0v) is 15.7. The first-order valence-electron chi connectivity index (χ1n) is 8.51. The molecule has 0 aliphatic rings. The van der Waals surface area contributed by atoms with Crippen molar-refractivity contribution >= 4 is 17.3 Å². The number of aromatic nitrogens is 1. The molecule has 3 rings (SSSR count). The Morgan fingerprint density at radius 3 is 2.89 bits per heavy atom. The lowest BCUT2D eigenvalue weighted by molar-refractivity contribution is -0.144. The van der Waals surface area contributed by atoms with Crippen LogP contribution in [0.1, 0.15) is 23.7 Å². The molecule has 0 unspecified atom stereocenters. The third-order valence-electron chi connectivity index (χ3n) is 3.75. The van der Waals surface area contributed by atoms with Crippen LogP contribution in [-0.2, 0) is 22.6 Å². The minimum absolute atomic E-state index is 0.102. The van der Waals surface area contributed by atoms with Gasteiger partial charge in [-0.05, 0) is 36.8 Å². The van der Waals surface area contributed by atoms with Crippen LogP contribution >= 0.6 is 11.3 Å². The average molecular weight is 378 g/mol. The molecule has 3 aromatic rings. The van der Waals surface area contributed by atoms with Gasteiger partial charge in [0, 0.05) is 5.38 Å². The highest BCUT2D eigenvalue weighted by atomic mass is 32.1. The molecule has 6 heteroatoms. The molecule has 0 N–H and O–H groups in total. The van der Waals surface area contributed by atoms with Gasteiger partial charge in [-0.3, -0.25) is 4.79 Å². The van der Waals surface area contributed by atoms with E-state index in [1.165, 1.54) is 11.3 Å². The average Bonchev–Trinajstić information content (AvgIpc) is 3.15. The number of nitrogens with zero attached hydrogens (tertiary/aromatic N) is 2. The number of carbonyl (C=O) groups is 1. The lowest BCUT2D eigenvalue weighted by atomic mass is 10.1. The van der Waals surface area contributed by atoms with Crippen LogP contribution in [0.4, 0.5) is 0 Å². The molecule has 1 aromatic heterocycles. The standard InChI is InChI=1S/C21H18N2O3S/c1-2-25-19-9-4-3-8-18(19)21-23-17(14-27-21)11-20(24)26-13-16-7-5-6-15(10-16)12-22/h3-10,14H,2,11,13H2,1H3. The van der Waals surface area contributed by atoms with Crippen molar-refractivity contribution in [1.29, 1.82) is 5.26 Å². The van der Waals surface area contributed by atoms with Crippen molar-refractivity contribution in [2.45, 2.75) is 20.0 Å². The van der Waals surface area contributed by atoms with Crippen LogP contribution in [0.3, 0.4) is 0 Å². The van der Waals surface area contributed by atoms with Crippen LogP contribution < -0.4 is 4.74 Å². The van der Waals surface area contributed by atoms with Crippen molar-refractivity contribution in [3.8, 4) is 22.4 Å². The van der Waals surface area contributed by atoms with Crippen LogP contribution in [0.25, 0.3) is 10.6 Å². The first-order chi connectivity index (χ1) is 13.2. The van der Waals surface area contributed by atoms with Crippen LogP contribution in [0.5, 0.6) is 5.75 Å². The molecule has 136 valence electrons. The summed E-state index contributed by atoms with van der Waals surface area (Å²) in [6.07, 6.45) is 0.102. The molecule has 27 heavy (non-hydrogen) atoms. The van der Waals surface area contributed by atoms with Crippen LogP contribution in [0, 0.1) is 11.3 Å². The second kappa shape index (κ2) is 8.97. The fraction of sp³-hybridized carbons (Fsp3) is 0.190. The number of esters is 1. The normalized spacial score (nSPS) is 10.2. The van der Waals surface area contributed by atoms with E-state index in [1.807, 2.05) is 42.6 Å². The van der Waals surface area contributed by atoms with Gasteiger partial charge in [0.25, 0.3) is 0 Å². The third kappa shape index (κ3) is 4.93. The van der Waals surface area contributed by atoms with Gasteiger partial charge in [0.2, 0.25) is 0 Å². The van der Waals surface area contributed by atoms with Gasteiger partial charge in [0.15, 0.2) is 0 Å². The number of hydrogen-bond donors (Lipinski definition) is 0. The monoisotopic (exact) mass is 378 g/mol. The Labute approximate surface area is 161 Å². The Balaban J connectivity index is 1.62. The number of ether oxygens (including phenoxy) is 2. The van der Waals surface area contributed by atoms with Gasteiger partial charge in [-0.1, -0.05) is 24.3 Å². The summed E-state index contributed by atoms with van der Waals surface area (Å²) in [4.78, 5) is 16.6. The van der Waals surface area contributed by atoms with E-state index in [9.17, 15) is 4.79 Å². The van der Waals surface area contributed by atoms with E-state index in [1.54, 1.807) is 18.2 Å². The quantitative estimate of drug-likeness (QED) is 0.571. The summed E-state index contributed by atoms with van der Waals surface area (Å²) in [6, 6.07) is 16.8. The van der Waals surface area contributed by atoms with Crippen molar-refractivity contribution in [2.75, 3.05) is 6.61 Å². The van der Waals surface area contributed by atoms with Crippen molar-refractivity contribution < 1.29 is 14.3 Å². The smallest absolute Gasteiger partial charge is 0.312 e. The molecule has 1 heterocycles. The second-order valence-corrected chi connectivity index (χ2v) is 6.58. The molecule has 0 radical (unpaired) electrons. The van der Waals surface area contributed by atoms with Crippen LogP contribution in [0.15, 0.2) is 53.9 Å². The number of rotatable bonds is 7. The van der Waals surface area contributed by atoms with E-state index < -0.39 is 0 Å². The highest BCUT2D eigenvalue weighted by Gasteiger charge is 2.13. The molecule has 0 fully saturated rings. The lowest BCUT2D eigenvalue weighted by Gasteiger charge is -2.07. The van der Waals surface area contributed by atoms with Gasteiger partial charge < -0.3 is 9.47 Å². The van der Waals surface area contributed by atoms with E-state index in [2.05, 4.69) is 11.1 Å². The summed E-state index contributed by atoms with van der Waals surface area (Å²) in [6.45, 7) is 2.65. The van der Waals surface area contributed by atoms with E-state index in [0.29, 0.717) is 17.9 Å². The molecular formula is C21H18N2O3S. The van der Waals surface area contributed by atoms with Crippen molar-refractivity contribution in [3.63, 3.8) is 0 Å². The predicted molar refractivity (Wildman–Crippen MR) is 103 cm³/mol. The zero-order valence-electron chi connectivity index (χ0n) is 14.8. The highest BCUT2D eigenvalue weighted by Crippen LogP contribution is 2.32. The van der Waals surface area contributed by atoms with Gasteiger partial charge in [-0.2, -0.15) is 5.26 Å². The molecule has 0 aliphatic carbocycles. The van der Waals surface area contributed by atoms with Crippen LogP contribution in [-0.4, -0.2) is 17.6 Å². The highest BCUT2D eigenvalue weighted by molar-refractivity contribution is 7.13. The van der Waals surface area contributed by atoms with Gasteiger partial charge in [0.1, 0.15) is 17.4 Å². The molecule has 5 nitrogen and oxygen atoms in total. The van der Waals surface area contributed by atoms with E-state index >= 15 is 0 Å². The van der Waals surface area contributed by atoms with Crippen molar-refractivity contribution in [2.24, 2.45) is 0 Å². The fourth-order valence-corrected chi connectivity index (χ4v) is 3.38. The van der Waals surface area contributed by atoms with E-state index in [4.69, 9.17) is 14.7 Å². The zero-order chi connectivity index (χ0) is 19.1. The second-order valence-electron chi connectivity index (χ2n) is 5.72. The molecule has 0 spiro atoms. The summed E-state index contributed by atoms with van der Waals surface area (Å²) >= 11 is 1.47. The van der Waals surface area contributed by atoms with Gasteiger partial charge >= 0.3 is 5.97 Å². The summed E-state index contributed by atoms with van der Waals surface area (Å²) < 4.78 is 10.9. The molecule has 0 saturated heterocycles. The number of nitriles is 1. The van der Waals surface area contributed by atoms with E-state index in [0.717, 1.165) is 21.9 Å². The summed E-state index contributed by atoms with van der Waals surface area (Å²) in [5.41, 5.74) is 2.90. The largest absolute Gasteiger partial charge is 0.493 e. The first-order valence-corrected chi connectivity index (χ1v) is 9.39. The predicted octanol–water partition coefficient (Wildman–Crippen LogP) is 4.37. The molecule has 0 bridgehead atoms. The maximum Gasteiger partial charge on any atom is 0.312 e. The maximum atomic E-state index is 12.1. The number of benzene rings is 2. The minimum atomic E-state index is -0.354. The molecule has 0 atom stereocenters. The van der Waals surface area contributed by atoms with Crippen LogP contribution in [0.2, 0.25) is 0 Å². The van der Waals surface area contributed by atoms with Gasteiger partial charge in [0.05, 0.1) is 35.9 Å².